The number of nitrogens with zero attached hydrogens (tertiary/aromatic N) is 3. The number of carboxylic acids is 1. The van der Waals surface area contributed by atoms with E-state index in [9.17, 15) is 14.7 Å². The van der Waals surface area contributed by atoms with E-state index in [0.29, 0.717) is 56.4 Å². The minimum Gasteiger partial charge on any atom is -0.493 e. The van der Waals surface area contributed by atoms with Gasteiger partial charge < -0.3 is 33.7 Å². The third-order valence-electron chi connectivity index (χ3n) is 8.14. The Balaban J connectivity index is 1.45. The number of hydrogen-bond donors (Lipinski definition) is 1. The molecule has 3 atom stereocenters. The number of hydrogen-bond acceptors (Lipinski definition) is 8. The lowest BCUT2D eigenvalue weighted by molar-refractivity contribution is -0.670. The Morgan fingerprint density at radius 2 is 2.00 bits per heavy atom. The molecule has 1 aromatic carbocycles. The van der Waals surface area contributed by atoms with Crippen molar-refractivity contribution in [2.24, 2.45) is 13.0 Å². The number of aromatic nitrogens is 1. The molecule has 41 heavy (non-hydrogen) atoms. The zero-order chi connectivity index (χ0) is 28.9. The maximum atomic E-state index is 13.9. The van der Waals surface area contributed by atoms with Crippen molar-refractivity contribution >= 4 is 17.6 Å². The molecule has 1 aromatic heterocycles. The summed E-state index contributed by atoms with van der Waals surface area (Å²) in [7, 11) is 3.48. The number of unbranched alkanes of at least 4 members (excludes halogenated alkanes) is 1. The van der Waals surface area contributed by atoms with Gasteiger partial charge in [-0.1, -0.05) is 13.3 Å². The number of aliphatic carboxylic acids is 1. The molecule has 11 nitrogen and oxygen atoms in total. The van der Waals surface area contributed by atoms with E-state index in [1.54, 1.807) is 7.11 Å². The third kappa shape index (κ3) is 6.42. The van der Waals surface area contributed by atoms with Gasteiger partial charge in [-0.25, -0.2) is 4.57 Å². The van der Waals surface area contributed by atoms with Crippen LogP contribution in [-0.4, -0.2) is 81.0 Å². The highest BCUT2D eigenvalue weighted by Gasteiger charge is 2.48. The van der Waals surface area contributed by atoms with Crippen LogP contribution in [0.1, 0.15) is 44.1 Å². The molecule has 0 saturated carbocycles. The molecule has 1 N–H and O–H groups in total. The first-order valence-corrected chi connectivity index (χ1v) is 14.3. The number of rotatable bonds is 12. The number of amides is 1. The van der Waals surface area contributed by atoms with Crippen molar-refractivity contribution in [2.75, 3.05) is 51.7 Å². The van der Waals surface area contributed by atoms with Crippen molar-refractivity contribution in [2.45, 2.75) is 50.9 Å². The lowest BCUT2D eigenvalue weighted by Gasteiger charge is -2.29. The van der Waals surface area contributed by atoms with Crippen molar-refractivity contribution in [3.05, 3.63) is 42.2 Å². The van der Waals surface area contributed by atoms with Gasteiger partial charge in [-0.15, -0.1) is 0 Å². The lowest BCUT2D eigenvalue weighted by atomic mass is 9.83. The number of carbonyl (C=O) groups excluding carboxylic acids is 1. The number of likely N-dealkylation sites (tertiary alicyclic amines) is 1. The maximum absolute atomic E-state index is 13.9. The van der Waals surface area contributed by atoms with Gasteiger partial charge in [0, 0.05) is 31.1 Å². The van der Waals surface area contributed by atoms with E-state index >= 15 is 0 Å². The van der Waals surface area contributed by atoms with Gasteiger partial charge in [-0.05, 0) is 43.0 Å². The minimum absolute atomic E-state index is 0.0592. The van der Waals surface area contributed by atoms with Gasteiger partial charge in [0.15, 0.2) is 30.2 Å². The molecule has 1 amide bonds. The van der Waals surface area contributed by atoms with E-state index in [4.69, 9.17) is 23.7 Å². The van der Waals surface area contributed by atoms with Crippen LogP contribution < -0.4 is 23.7 Å². The first-order valence-electron chi connectivity index (χ1n) is 14.3. The molecular weight excluding hydrogens is 530 g/mol. The van der Waals surface area contributed by atoms with E-state index < -0.39 is 23.8 Å². The van der Waals surface area contributed by atoms with Crippen LogP contribution in [0.3, 0.4) is 0 Å². The summed E-state index contributed by atoms with van der Waals surface area (Å²) in [5.41, 5.74) is 1.61. The molecule has 0 aliphatic carbocycles. The summed E-state index contributed by atoms with van der Waals surface area (Å²) in [6, 6.07) is 7.13. The smallest absolute Gasteiger partial charge is 0.308 e. The molecule has 2 aromatic rings. The molecule has 222 valence electrons. The zero-order valence-corrected chi connectivity index (χ0v) is 24.0. The van der Waals surface area contributed by atoms with Gasteiger partial charge in [0.25, 0.3) is 0 Å². The zero-order valence-electron chi connectivity index (χ0n) is 24.0. The number of ether oxygens (including phenoxy) is 5. The molecule has 0 spiro atoms. The van der Waals surface area contributed by atoms with Crippen molar-refractivity contribution in [1.82, 2.24) is 4.90 Å². The van der Waals surface area contributed by atoms with Crippen molar-refractivity contribution in [3.8, 4) is 17.2 Å². The van der Waals surface area contributed by atoms with Crippen LogP contribution in [0.25, 0.3) is 0 Å². The number of anilines is 1. The molecule has 3 aliphatic rings. The monoisotopic (exact) mass is 570 g/mol. The topological polar surface area (TPSA) is 111 Å². The molecule has 4 heterocycles. The molecule has 0 radical (unpaired) electrons. The average molecular weight is 571 g/mol. The van der Waals surface area contributed by atoms with Crippen LogP contribution in [0.2, 0.25) is 0 Å². The molecule has 0 bridgehead atoms. The fraction of sp³-hybridized carbons (Fsp3) is 0.567. The summed E-state index contributed by atoms with van der Waals surface area (Å²) in [4.78, 5) is 30.6. The highest BCUT2D eigenvalue weighted by atomic mass is 16.7. The summed E-state index contributed by atoms with van der Waals surface area (Å²) in [5.74, 6) is -0.562. The van der Waals surface area contributed by atoms with Crippen LogP contribution >= 0.6 is 0 Å². The Bertz CT molecular complexity index is 1230. The molecule has 0 unspecified atom stereocenters. The quantitative estimate of drug-likeness (QED) is 0.385. The number of carbonyl (C=O) groups is 2. The van der Waals surface area contributed by atoms with Crippen LogP contribution in [0.15, 0.2) is 36.7 Å². The van der Waals surface area contributed by atoms with Crippen molar-refractivity contribution in [3.63, 3.8) is 0 Å². The highest BCUT2D eigenvalue weighted by Crippen LogP contribution is 2.47. The minimum atomic E-state index is -0.905. The Hall–Kier alpha value is -3.41. The first-order chi connectivity index (χ1) is 19.9. The maximum Gasteiger partial charge on any atom is 0.308 e. The first kappa shape index (κ1) is 29.1. The van der Waals surface area contributed by atoms with E-state index in [1.807, 2.05) is 58.1 Å². The Morgan fingerprint density at radius 1 is 1.20 bits per heavy atom. The fourth-order valence-corrected chi connectivity index (χ4v) is 6.14. The summed E-state index contributed by atoms with van der Waals surface area (Å²) in [5, 5.41) is 10.5. The second-order valence-corrected chi connectivity index (χ2v) is 10.8. The van der Waals surface area contributed by atoms with Gasteiger partial charge in [0.05, 0.1) is 32.8 Å². The second kappa shape index (κ2) is 13.1. The Morgan fingerprint density at radius 3 is 2.71 bits per heavy atom. The van der Waals surface area contributed by atoms with Crippen molar-refractivity contribution in [1.29, 1.82) is 0 Å². The summed E-state index contributed by atoms with van der Waals surface area (Å²) in [6.07, 6.45) is 6.37. The van der Waals surface area contributed by atoms with Crippen LogP contribution in [0, 0.1) is 5.92 Å². The Kier molecular flexibility index (Phi) is 9.26. The largest absolute Gasteiger partial charge is 0.493 e. The van der Waals surface area contributed by atoms with Gasteiger partial charge in [0.1, 0.15) is 12.7 Å². The molecule has 2 fully saturated rings. The summed E-state index contributed by atoms with van der Waals surface area (Å²) < 4.78 is 30.0. The fourth-order valence-electron chi connectivity index (χ4n) is 6.14. The number of benzene rings is 1. The predicted octanol–water partition coefficient (Wildman–Crippen LogP) is 2.70. The number of pyridine rings is 1. The number of methoxy groups -OCH3 is 1. The van der Waals surface area contributed by atoms with Gasteiger partial charge in [-0.3, -0.25) is 14.5 Å². The SMILES string of the molecule is CCCCN(C(=O)CN1C[C@H](c2cc(OC)c3c(c2)OCO3)[C@@H](C(=O)O)[C@@H]1CCC1OCCO1)c1ccc[n+](C)c1. The highest BCUT2D eigenvalue weighted by molar-refractivity contribution is 5.94. The van der Waals surface area contributed by atoms with Crippen molar-refractivity contribution < 1.29 is 42.9 Å². The van der Waals surface area contributed by atoms with E-state index in [-0.39, 0.29) is 25.5 Å². The molecule has 2 saturated heterocycles. The van der Waals surface area contributed by atoms with Gasteiger partial charge in [0.2, 0.25) is 18.4 Å². The third-order valence-corrected chi connectivity index (χ3v) is 8.14. The number of carboxylic acid groups (broad SMARTS) is 1. The van der Waals surface area contributed by atoms with E-state index in [2.05, 4.69) is 6.92 Å². The molecule has 5 rings (SSSR count). The number of fused-ring (bicyclic) bond motifs is 1. The molecule has 11 heteroatoms. The van der Waals surface area contributed by atoms with E-state index in [1.165, 1.54) is 0 Å². The average Bonchev–Trinajstić information content (AvgIpc) is 3.72. The predicted molar refractivity (Wildman–Crippen MR) is 148 cm³/mol. The summed E-state index contributed by atoms with van der Waals surface area (Å²) in [6.45, 7) is 4.32. The van der Waals surface area contributed by atoms with Crippen LogP contribution in [0.5, 0.6) is 17.2 Å². The van der Waals surface area contributed by atoms with E-state index in [0.717, 1.165) is 24.1 Å². The molecular formula is C30H40N3O8+. The van der Waals surface area contributed by atoms with Gasteiger partial charge in [-0.2, -0.15) is 0 Å². The standard InChI is InChI=1S/C30H39N3O8/c1-4-5-11-33(21-7-6-10-31(2)16-21)26(34)18-32-17-22(20-14-24(37-3)29-25(15-20)40-19-41-29)28(30(35)36)23(32)8-9-27-38-12-13-39-27/h6-7,10,14-16,22-23,27-28H,4-5,8-9,11-13,17-19H2,1-3H3/p+1/t22-,23+,28-/m1/s1. The van der Waals surface area contributed by atoms with Crippen LogP contribution in [-0.2, 0) is 26.1 Å². The van der Waals surface area contributed by atoms with Gasteiger partial charge >= 0.3 is 5.97 Å². The second-order valence-electron chi connectivity index (χ2n) is 10.8. The summed E-state index contributed by atoms with van der Waals surface area (Å²) >= 11 is 0. The number of aryl methyl sites for hydroxylation is 1. The normalized spacial score (nSPS) is 22.3. The Labute approximate surface area is 240 Å². The lowest BCUT2D eigenvalue weighted by Crippen LogP contribution is -2.45. The molecule has 3 aliphatic heterocycles. The van der Waals surface area contributed by atoms with Crippen LogP contribution in [0.4, 0.5) is 5.69 Å².